The first-order chi connectivity index (χ1) is 16.9. The Labute approximate surface area is 203 Å². The van der Waals surface area contributed by atoms with Gasteiger partial charge >= 0.3 is 0 Å². The van der Waals surface area contributed by atoms with E-state index in [1.54, 1.807) is 17.0 Å². The molecule has 0 bridgehead atoms. The number of nitrogens with zero attached hydrogens (tertiary/aromatic N) is 3. The van der Waals surface area contributed by atoms with Crippen molar-refractivity contribution in [3.63, 3.8) is 0 Å². The lowest BCUT2D eigenvalue weighted by atomic mass is 10.1. The van der Waals surface area contributed by atoms with Crippen molar-refractivity contribution in [3.8, 4) is 22.8 Å². The Hall–Kier alpha value is -4.26. The summed E-state index contributed by atoms with van der Waals surface area (Å²) >= 11 is 0. The lowest BCUT2D eigenvalue weighted by Crippen LogP contribution is -2.28. The summed E-state index contributed by atoms with van der Waals surface area (Å²) in [5.41, 5.74) is 5.68. The second-order valence-electron chi connectivity index (χ2n) is 9.02. The number of carbonyl (C=O) groups excluding carboxylic acids is 2. The fraction of sp³-hybridized carbons (Fsp3) is 0.214. The Balaban J connectivity index is 1.20. The first kappa shape index (κ1) is 22.5. The number of aromatic nitrogens is 2. The Morgan fingerprint density at radius 1 is 1.00 bits per heavy atom. The highest BCUT2D eigenvalue weighted by atomic mass is 16.5. The Morgan fingerprint density at radius 2 is 1.74 bits per heavy atom. The van der Waals surface area contributed by atoms with Crippen LogP contribution in [0.4, 0.5) is 5.69 Å². The normalized spacial score (nSPS) is 15.4. The van der Waals surface area contributed by atoms with Crippen LogP contribution in [-0.4, -0.2) is 33.4 Å². The van der Waals surface area contributed by atoms with Crippen LogP contribution in [0.2, 0.25) is 0 Å². The molecule has 1 saturated heterocycles. The van der Waals surface area contributed by atoms with Gasteiger partial charge in [0.1, 0.15) is 0 Å². The van der Waals surface area contributed by atoms with E-state index in [4.69, 9.17) is 4.52 Å². The zero-order valence-electron chi connectivity index (χ0n) is 19.7. The Morgan fingerprint density at radius 3 is 2.49 bits per heavy atom. The van der Waals surface area contributed by atoms with Gasteiger partial charge in [-0.2, -0.15) is 4.98 Å². The molecule has 0 saturated carbocycles. The first-order valence-corrected chi connectivity index (χ1v) is 11.6. The summed E-state index contributed by atoms with van der Waals surface area (Å²) in [5.74, 6) is 0.408. The zero-order chi connectivity index (χ0) is 24.4. The van der Waals surface area contributed by atoms with Crippen molar-refractivity contribution in [3.05, 3.63) is 89.5 Å². The Kier molecular flexibility index (Phi) is 6.14. The molecule has 1 aliphatic heterocycles. The van der Waals surface area contributed by atoms with Gasteiger partial charge in [-0.25, -0.2) is 0 Å². The molecule has 0 aliphatic carbocycles. The molecule has 1 aliphatic rings. The van der Waals surface area contributed by atoms with Crippen molar-refractivity contribution in [2.75, 3.05) is 11.9 Å². The van der Waals surface area contributed by atoms with E-state index in [2.05, 4.69) is 21.5 Å². The minimum absolute atomic E-state index is 0.00257. The average molecular weight is 467 g/mol. The van der Waals surface area contributed by atoms with Crippen LogP contribution in [0.5, 0.6) is 0 Å². The number of hydrogen-bond donors (Lipinski definition) is 1. The lowest BCUT2D eigenvalue weighted by Gasteiger charge is -2.17. The molecule has 1 fully saturated rings. The van der Waals surface area contributed by atoms with Gasteiger partial charge in [0.2, 0.25) is 17.6 Å². The number of benzene rings is 3. The maximum Gasteiger partial charge on any atom is 0.258 e. The van der Waals surface area contributed by atoms with Gasteiger partial charge in [0.15, 0.2) is 0 Å². The summed E-state index contributed by atoms with van der Waals surface area (Å²) in [6.07, 6.45) is 0.222. The molecule has 176 valence electrons. The third kappa shape index (κ3) is 5.14. The molecule has 7 nitrogen and oxygen atoms in total. The summed E-state index contributed by atoms with van der Waals surface area (Å²) < 4.78 is 5.43. The predicted molar refractivity (Wildman–Crippen MR) is 133 cm³/mol. The smallest absolute Gasteiger partial charge is 0.258 e. The van der Waals surface area contributed by atoms with E-state index in [1.165, 1.54) is 0 Å². The van der Waals surface area contributed by atoms with Gasteiger partial charge in [-0.05, 0) is 43.7 Å². The van der Waals surface area contributed by atoms with Gasteiger partial charge in [0, 0.05) is 36.3 Å². The fourth-order valence-electron chi connectivity index (χ4n) is 4.23. The van der Waals surface area contributed by atoms with Crippen LogP contribution in [0.25, 0.3) is 22.8 Å². The Bertz CT molecular complexity index is 1360. The molecule has 7 heteroatoms. The fourth-order valence-corrected chi connectivity index (χ4v) is 4.23. The molecular formula is C28H26N4O3. The number of hydrogen-bond acceptors (Lipinski definition) is 5. The average Bonchev–Trinajstić information content (AvgIpc) is 3.48. The van der Waals surface area contributed by atoms with E-state index in [9.17, 15) is 9.59 Å². The zero-order valence-corrected chi connectivity index (χ0v) is 19.7. The van der Waals surface area contributed by atoms with E-state index < -0.39 is 0 Å². The van der Waals surface area contributed by atoms with Gasteiger partial charge in [-0.3, -0.25) is 9.59 Å². The topological polar surface area (TPSA) is 88.3 Å². The van der Waals surface area contributed by atoms with Crippen LogP contribution in [-0.2, 0) is 16.1 Å². The molecule has 0 radical (unpaired) electrons. The highest BCUT2D eigenvalue weighted by Gasteiger charge is 2.34. The molecule has 0 spiro atoms. The van der Waals surface area contributed by atoms with Crippen molar-refractivity contribution in [1.29, 1.82) is 0 Å². The highest BCUT2D eigenvalue weighted by molar-refractivity contribution is 5.97. The van der Waals surface area contributed by atoms with Gasteiger partial charge in [-0.1, -0.05) is 64.8 Å². The number of likely N-dealkylation sites (tertiary alicyclic amines) is 1. The molecule has 1 aromatic heterocycles. The summed E-state index contributed by atoms with van der Waals surface area (Å²) in [6, 6.07) is 23.2. The van der Waals surface area contributed by atoms with Crippen LogP contribution in [0.3, 0.4) is 0 Å². The standard InChI is InChI=1S/C28H26N4O3/c1-18-6-8-21(9-7-18)26-30-28(35-31-26)22-10-12-24(13-11-22)29-27(34)23-15-25(33)32(17-23)16-20-5-3-4-19(2)14-20/h3-14,23H,15-17H2,1-2H3,(H,29,34). The van der Waals surface area contributed by atoms with E-state index in [-0.39, 0.29) is 24.2 Å². The summed E-state index contributed by atoms with van der Waals surface area (Å²) in [6.45, 7) is 4.99. The molecule has 2 amide bonds. The molecule has 35 heavy (non-hydrogen) atoms. The van der Waals surface area contributed by atoms with E-state index >= 15 is 0 Å². The van der Waals surface area contributed by atoms with E-state index in [0.29, 0.717) is 30.5 Å². The summed E-state index contributed by atoms with van der Waals surface area (Å²) in [7, 11) is 0. The number of rotatable bonds is 6. The highest BCUT2D eigenvalue weighted by Crippen LogP contribution is 2.25. The number of nitrogens with one attached hydrogen (secondary N) is 1. The van der Waals surface area contributed by atoms with Gasteiger partial charge in [-0.15, -0.1) is 0 Å². The van der Waals surface area contributed by atoms with Crippen molar-refractivity contribution in [2.45, 2.75) is 26.8 Å². The predicted octanol–water partition coefficient (Wildman–Crippen LogP) is 5.01. The molecule has 3 aromatic carbocycles. The molecule has 4 aromatic rings. The van der Waals surface area contributed by atoms with E-state index in [0.717, 1.165) is 27.8 Å². The maximum absolute atomic E-state index is 12.8. The molecule has 1 N–H and O–H groups in total. The van der Waals surface area contributed by atoms with Crippen LogP contribution in [0, 0.1) is 19.8 Å². The number of aryl methyl sites for hydroxylation is 2. The number of carbonyl (C=O) groups is 2. The number of amides is 2. The third-order valence-corrected chi connectivity index (χ3v) is 6.18. The minimum Gasteiger partial charge on any atom is -0.338 e. The van der Waals surface area contributed by atoms with Crippen LogP contribution >= 0.6 is 0 Å². The van der Waals surface area contributed by atoms with Gasteiger partial charge in [0.25, 0.3) is 5.89 Å². The van der Waals surface area contributed by atoms with Crippen molar-refractivity contribution >= 4 is 17.5 Å². The van der Waals surface area contributed by atoms with Crippen LogP contribution < -0.4 is 5.32 Å². The van der Waals surface area contributed by atoms with Crippen molar-refractivity contribution in [2.24, 2.45) is 5.92 Å². The molecule has 1 unspecified atom stereocenters. The minimum atomic E-state index is -0.375. The number of anilines is 1. The monoisotopic (exact) mass is 466 g/mol. The summed E-state index contributed by atoms with van der Waals surface area (Å²) in [4.78, 5) is 31.5. The maximum atomic E-state index is 12.8. The largest absolute Gasteiger partial charge is 0.338 e. The SMILES string of the molecule is Cc1ccc(-c2noc(-c3ccc(NC(=O)C4CC(=O)N(Cc5cccc(C)c5)C4)cc3)n2)cc1. The molecule has 1 atom stereocenters. The second kappa shape index (κ2) is 9.54. The van der Waals surface area contributed by atoms with Crippen LogP contribution in [0.1, 0.15) is 23.1 Å². The molecular weight excluding hydrogens is 440 g/mol. The van der Waals surface area contributed by atoms with Crippen molar-refractivity contribution < 1.29 is 14.1 Å². The molecule has 2 heterocycles. The third-order valence-electron chi connectivity index (χ3n) is 6.18. The van der Waals surface area contributed by atoms with E-state index in [1.807, 2.05) is 68.4 Å². The van der Waals surface area contributed by atoms with Gasteiger partial charge < -0.3 is 14.7 Å². The van der Waals surface area contributed by atoms with Crippen LogP contribution in [0.15, 0.2) is 77.3 Å². The summed E-state index contributed by atoms with van der Waals surface area (Å²) in [5, 5.41) is 7.00. The lowest BCUT2D eigenvalue weighted by molar-refractivity contribution is -0.128. The second-order valence-corrected chi connectivity index (χ2v) is 9.02. The quantitative estimate of drug-likeness (QED) is 0.432. The molecule has 5 rings (SSSR count). The van der Waals surface area contributed by atoms with Crippen molar-refractivity contribution in [1.82, 2.24) is 15.0 Å². The van der Waals surface area contributed by atoms with Gasteiger partial charge in [0.05, 0.1) is 5.92 Å². The first-order valence-electron chi connectivity index (χ1n) is 11.6.